The Balaban J connectivity index is 2.56. The van der Waals surface area contributed by atoms with E-state index in [0.717, 1.165) is 16.3 Å². The molecule has 0 heterocycles. The summed E-state index contributed by atoms with van der Waals surface area (Å²) in [6.45, 7) is 3.81. The van der Waals surface area contributed by atoms with E-state index in [2.05, 4.69) is 0 Å². The van der Waals surface area contributed by atoms with Crippen molar-refractivity contribution in [3.05, 3.63) is 42.0 Å². The topological polar surface area (TPSA) is 43.4 Å². The summed E-state index contributed by atoms with van der Waals surface area (Å²) in [6.07, 6.45) is 0. The van der Waals surface area contributed by atoms with Crippen LogP contribution in [0.3, 0.4) is 0 Å². The van der Waals surface area contributed by atoms with Gasteiger partial charge in [-0.2, -0.15) is 8.42 Å². The average Bonchev–Trinajstić information content (AvgIpc) is 2.28. The number of rotatable bonds is 3. The summed E-state index contributed by atoms with van der Waals surface area (Å²) in [5, 5.41) is 1.93. The van der Waals surface area contributed by atoms with E-state index in [1.54, 1.807) is 25.1 Å². The second kappa shape index (κ2) is 4.47. The molecule has 90 valence electrons. The van der Waals surface area contributed by atoms with Crippen molar-refractivity contribution in [2.75, 3.05) is 6.61 Å². The molecule has 2 rings (SSSR count). The molecule has 0 radical (unpaired) electrons. The maximum atomic E-state index is 11.7. The Morgan fingerprint density at radius 1 is 1.06 bits per heavy atom. The third-order valence-corrected chi connectivity index (χ3v) is 3.91. The van der Waals surface area contributed by atoms with Crippen molar-refractivity contribution in [2.45, 2.75) is 18.7 Å². The average molecular weight is 250 g/mol. The lowest BCUT2D eigenvalue weighted by atomic mass is 10.1. The molecule has 0 aliphatic heterocycles. The van der Waals surface area contributed by atoms with Crippen LogP contribution in [0.1, 0.15) is 12.5 Å². The van der Waals surface area contributed by atoms with Gasteiger partial charge in [0, 0.05) is 0 Å². The van der Waals surface area contributed by atoms with Crippen LogP contribution in [0.5, 0.6) is 0 Å². The molecule has 4 heteroatoms. The van der Waals surface area contributed by atoms with E-state index in [9.17, 15) is 8.42 Å². The summed E-state index contributed by atoms with van der Waals surface area (Å²) in [5.41, 5.74) is 1.15. The van der Waals surface area contributed by atoms with Crippen LogP contribution in [0.4, 0.5) is 0 Å². The molecule has 2 aromatic rings. The highest BCUT2D eigenvalue weighted by atomic mass is 32.2. The smallest absolute Gasteiger partial charge is 0.267 e. The van der Waals surface area contributed by atoms with Crippen molar-refractivity contribution in [1.82, 2.24) is 0 Å². The number of aryl methyl sites for hydroxylation is 1. The van der Waals surface area contributed by atoms with Crippen molar-refractivity contribution in [3.63, 3.8) is 0 Å². The summed E-state index contributed by atoms with van der Waals surface area (Å²) in [7, 11) is -3.61. The Labute approximate surface area is 101 Å². The zero-order valence-corrected chi connectivity index (χ0v) is 10.6. The first kappa shape index (κ1) is 12.1. The predicted molar refractivity (Wildman–Crippen MR) is 67.5 cm³/mol. The maximum Gasteiger partial charge on any atom is 0.296 e. The van der Waals surface area contributed by atoms with E-state index < -0.39 is 10.1 Å². The minimum atomic E-state index is -3.61. The molecule has 0 aliphatic carbocycles. The summed E-state index contributed by atoms with van der Waals surface area (Å²) >= 11 is 0. The van der Waals surface area contributed by atoms with E-state index in [1.807, 2.05) is 25.1 Å². The maximum absolute atomic E-state index is 11.7. The molecule has 17 heavy (non-hydrogen) atoms. The molecule has 0 saturated heterocycles. The largest absolute Gasteiger partial charge is 0.296 e. The molecule has 3 nitrogen and oxygen atoms in total. The van der Waals surface area contributed by atoms with Crippen molar-refractivity contribution in [2.24, 2.45) is 0 Å². The third-order valence-electron chi connectivity index (χ3n) is 2.53. The Morgan fingerprint density at radius 3 is 2.41 bits per heavy atom. The predicted octanol–water partition coefficient (Wildman–Crippen LogP) is 2.87. The van der Waals surface area contributed by atoms with Crippen LogP contribution >= 0.6 is 0 Å². The Kier molecular flexibility index (Phi) is 3.17. The molecule has 0 N–H and O–H groups in total. The number of hydrogen-bond acceptors (Lipinski definition) is 3. The molecule has 0 spiro atoms. The van der Waals surface area contributed by atoms with E-state index in [0.29, 0.717) is 0 Å². The van der Waals surface area contributed by atoms with Crippen molar-refractivity contribution < 1.29 is 12.6 Å². The zero-order chi connectivity index (χ0) is 12.5. The Bertz CT molecular complexity index is 645. The normalized spacial score (nSPS) is 11.9. The van der Waals surface area contributed by atoms with Gasteiger partial charge in [-0.15, -0.1) is 0 Å². The van der Waals surface area contributed by atoms with Crippen molar-refractivity contribution in [1.29, 1.82) is 0 Å². The molecule has 0 saturated carbocycles. The van der Waals surface area contributed by atoms with Gasteiger partial charge < -0.3 is 0 Å². The van der Waals surface area contributed by atoms with Crippen LogP contribution in [0, 0.1) is 6.92 Å². The standard InChI is InChI=1S/C13H14O3S/c1-3-16-17(14,15)13-7-6-11-8-10(2)4-5-12(11)9-13/h4-9H,3H2,1-2H3. The third kappa shape index (κ3) is 2.48. The summed E-state index contributed by atoms with van der Waals surface area (Å²) in [4.78, 5) is 0.204. The lowest BCUT2D eigenvalue weighted by molar-refractivity contribution is 0.338. The highest BCUT2D eigenvalue weighted by molar-refractivity contribution is 7.86. The summed E-state index contributed by atoms with van der Waals surface area (Å²) in [5.74, 6) is 0. The number of benzene rings is 2. The van der Waals surface area contributed by atoms with Gasteiger partial charge in [-0.25, -0.2) is 0 Å². The molecule has 0 bridgehead atoms. The minimum Gasteiger partial charge on any atom is -0.267 e. The van der Waals surface area contributed by atoms with Gasteiger partial charge >= 0.3 is 0 Å². The SMILES string of the molecule is CCOS(=O)(=O)c1ccc2cc(C)ccc2c1. The summed E-state index contributed by atoms with van der Waals surface area (Å²) < 4.78 is 28.2. The highest BCUT2D eigenvalue weighted by Crippen LogP contribution is 2.21. The van der Waals surface area contributed by atoms with Gasteiger partial charge in [0.2, 0.25) is 0 Å². The quantitative estimate of drug-likeness (QED) is 0.787. The van der Waals surface area contributed by atoms with Crippen molar-refractivity contribution in [3.8, 4) is 0 Å². The van der Waals surface area contributed by atoms with E-state index in [-0.39, 0.29) is 11.5 Å². The first-order valence-electron chi connectivity index (χ1n) is 5.43. The fourth-order valence-corrected chi connectivity index (χ4v) is 2.67. The number of fused-ring (bicyclic) bond motifs is 1. The van der Waals surface area contributed by atoms with Crippen LogP contribution in [0.2, 0.25) is 0 Å². The Morgan fingerprint density at radius 2 is 1.71 bits per heavy atom. The summed E-state index contributed by atoms with van der Waals surface area (Å²) in [6, 6.07) is 10.9. The van der Waals surface area contributed by atoms with Crippen LogP contribution in [0.25, 0.3) is 10.8 Å². The Hall–Kier alpha value is -1.39. The van der Waals surface area contributed by atoms with E-state index in [1.165, 1.54) is 0 Å². The highest BCUT2D eigenvalue weighted by Gasteiger charge is 2.14. The fraction of sp³-hybridized carbons (Fsp3) is 0.231. The van der Waals surface area contributed by atoms with Gasteiger partial charge in [0.15, 0.2) is 0 Å². The van der Waals surface area contributed by atoms with E-state index in [4.69, 9.17) is 4.18 Å². The first-order valence-corrected chi connectivity index (χ1v) is 6.83. The molecule has 0 fully saturated rings. The molecular weight excluding hydrogens is 236 g/mol. The van der Waals surface area contributed by atoms with Crippen LogP contribution in [-0.2, 0) is 14.3 Å². The molecule has 0 aromatic heterocycles. The molecule has 0 unspecified atom stereocenters. The van der Waals surface area contributed by atoms with Gasteiger partial charge in [0.25, 0.3) is 10.1 Å². The van der Waals surface area contributed by atoms with Crippen LogP contribution < -0.4 is 0 Å². The monoisotopic (exact) mass is 250 g/mol. The molecule has 0 amide bonds. The van der Waals surface area contributed by atoms with Gasteiger partial charge in [-0.05, 0) is 36.8 Å². The fourth-order valence-electron chi connectivity index (χ4n) is 1.72. The van der Waals surface area contributed by atoms with Crippen molar-refractivity contribution >= 4 is 20.9 Å². The lowest BCUT2D eigenvalue weighted by Gasteiger charge is -2.05. The van der Waals surface area contributed by atoms with Gasteiger partial charge in [-0.1, -0.05) is 29.8 Å². The zero-order valence-electron chi connectivity index (χ0n) is 9.80. The van der Waals surface area contributed by atoms with Gasteiger partial charge in [0.1, 0.15) is 0 Å². The second-order valence-electron chi connectivity index (χ2n) is 3.87. The van der Waals surface area contributed by atoms with Crippen LogP contribution in [0.15, 0.2) is 41.3 Å². The van der Waals surface area contributed by atoms with Gasteiger partial charge in [0.05, 0.1) is 11.5 Å². The van der Waals surface area contributed by atoms with Gasteiger partial charge in [-0.3, -0.25) is 4.18 Å². The van der Waals surface area contributed by atoms with Crippen LogP contribution in [-0.4, -0.2) is 15.0 Å². The van der Waals surface area contributed by atoms with E-state index >= 15 is 0 Å². The second-order valence-corrected chi connectivity index (χ2v) is 5.49. The number of hydrogen-bond donors (Lipinski definition) is 0. The first-order chi connectivity index (χ1) is 8.03. The molecular formula is C13H14O3S. The minimum absolute atomic E-state index is 0.147. The molecule has 0 aliphatic rings. The molecule has 2 aromatic carbocycles. The lowest BCUT2D eigenvalue weighted by Crippen LogP contribution is -2.05. The molecule has 0 atom stereocenters.